The van der Waals surface area contributed by atoms with E-state index in [-0.39, 0.29) is 6.03 Å². The smallest absolute Gasteiger partial charge is 0.321 e. The topological polar surface area (TPSA) is 32.3 Å². The molecule has 3 heteroatoms. The third-order valence-electron chi connectivity index (χ3n) is 4.36. The molecule has 0 spiro atoms. The van der Waals surface area contributed by atoms with Crippen LogP contribution in [-0.2, 0) is 6.42 Å². The number of carbonyl (C=O) groups excluding carboxylic acids is 1. The first-order valence-electron chi connectivity index (χ1n) is 7.80. The average Bonchev–Trinajstić information content (AvgIpc) is 2.49. The Morgan fingerprint density at radius 3 is 2.90 bits per heavy atom. The van der Waals surface area contributed by atoms with Gasteiger partial charge in [-0.25, -0.2) is 4.79 Å². The molecule has 1 aliphatic heterocycles. The molecule has 1 fully saturated rings. The number of aryl methyl sites for hydroxylation is 2. The molecule has 0 aromatic heterocycles. The molecule has 1 atom stereocenters. The van der Waals surface area contributed by atoms with E-state index < -0.39 is 0 Å². The quantitative estimate of drug-likeness (QED) is 0.879. The number of nitrogens with zero attached hydrogens (tertiary/aromatic N) is 1. The van der Waals surface area contributed by atoms with E-state index in [2.05, 4.69) is 44.3 Å². The third kappa shape index (κ3) is 3.33. The molecule has 1 N–H and O–H groups in total. The Balaban J connectivity index is 2.08. The van der Waals surface area contributed by atoms with E-state index in [4.69, 9.17) is 0 Å². The lowest BCUT2D eigenvalue weighted by atomic mass is 9.96. The van der Waals surface area contributed by atoms with Gasteiger partial charge in [-0.3, -0.25) is 0 Å². The maximum atomic E-state index is 12.5. The molecule has 1 aromatic carbocycles. The van der Waals surface area contributed by atoms with Gasteiger partial charge in [0, 0.05) is 18.8 Å². The summed E-state index contributed by atoms with van der Waals surface area (Å²) >= 11 is 0. The second-order valence-corrected chi connectivity index (χ2v) is 5.76. The molecule has 20 heavy (non-hydrogen) atoms. The standard InChI is InChI=1S/C17H26N2O/c1-4-14-9-7-11-19(12-14)17(20)18-16-13(3)8-6-10-15(16)5-2/h6,8,10,14H,4-5,7,9,11-12H2,1-3H3,(H,18,20)/t14-/m1/s1. The van der Waals surface area contributed by atoms with Crippen LogP contribution in [0.4, 0.5) is 10.5 Å². The number of urea groups is 1. The van der Waals surface area contributed by atoms with Crippen molar-refractivity contribution in [2.45, 2.75) is 46.5 Å². The molecule has 2 rings (SSSR count). The molecule has 1 aliphatic rings. The van der Waals surface area contributed by atoms with Crippen LogP contribution in [0.3, 0.4) is 0 Å². The van der Waals surface area contributed by atoms with Gasteiger partial charge >= 0.3 is 6.03 Å². The number of anilines is 1. The number of piperidine rings is 1. The van der Waals surface area contributed by atoms with Crippen LogP contribution < -0.4 is 5.32 Å². The highest BCUT2D eigenvalue weighted by Gasteiger charge is 2.23. The van der Waals surface area contributed by atoms with E-state index in [1.54, 1.807) is 0 Å². The summed E-state index contributed by atoms with van der Waals surface area (Å²) in [7, 11) is 0. The number of hydrogen-bond donors (Lipinski definition) is 1. The van der Waals surface area contributed by atoms with Crippen molar-refractivity contribution in [3.63, 3.8) is 0 Å². The maximum absolute atomic E-state index is 12.5. The van der Waals surface area contributed by atoms with Crippen molar-refractivity contribution in [1.82, 2.24) is 4.90 Å². The fraction of sp³-hybridized carbons (Fsp3) is 0.588. The van der Waals surface area contributed by atoms with Crippen molar-refractivity contribution in [1.29, 1.82) is 0 Å². The summed E-state index contributed by atoms with van der Waals surface area (Å²) in [4.78, 5) is 14.4. The van der Waals surface area contributed by atoms with E-state index in [1.165, 1.54) is 12.0 Å². The summed E-state index contributed by atoms with van der Waals surface area (Å²) in [5.41, 5.74) is 3.35. The lowest BCUT2D eigenvalue weighted by molar-refractivity contribution is 0.176. The highest BCUT2D eigenvalue weighted by molar-refractivity contribution is 5.91. The summed E-state index contributed by atoms with van der Waals surface area (Å²) in [6, 6.07) is 6.26. The van der Waals surface area contributed by atoms with E-state index >= 15 is 0 Å². The van der Waals surface area contributed by atoms with Crippen LogP contribution in [-0.4, -0.2) is 24.0 Å². The molecule has 2 amide bonds. The highest BCUT2D eigenvalue weighted by Crippen LogP contribution is 2.23. The van der Waals surface area contributed by atoms with E-state index in [1.807, 2.05) is 4.90 Å². The summed E-state index contributed by atoms with van der Waals surface area (Å²) in [6.07, 6.45) is 4.48. The van der Waals surface area contributed by atoms with Crippen molar-refractivity contribution < 1.29 is 4.79 Å². The van der Waals surface area contributed by atoms with Crippen molar-refractivity contribution in [3.05, 3.63) is 29.3 Å². The summed E-state index contributed by atoms with van der Waals surface area (Å²) in [5.74, 6) is 0.664. The molecule has 3 nitrogen and oxygen atoms in total. The largest absolute Gasteiger partial charge is 0.324 e. The van der Waals surface area contributed by atoms with Gasteiger partial charge in [0.05, 0.1) is 0 Å². The monoisotopic (exact) mass is 274 g/mol. The maximum Gasteiger partial charge on any atom is 0.321 e. The Labute approximate surface area is 122 Å². The Hall–Kier alpha value is -1.51. The van der Waals surface area contributed by atoms with Crippen LogP contribution in [0.5, 0.6) is 0 Å². The van der Waals surface area contributed by atoms with Crippen LogP contribution in [0.15, 0.2) is 18.2 Å². The first kappa shape index (κ1) is 14.9. The number of rotatable bonds is 3. The van der Waals surface area contributed by atoms with Gasteiger partial charge in [0.25, 0.3) is 0 Å². The van der Waals surface area contributed by atoms with Crippen LogP contribution in [0.1, 0.15) is 44.2 Å². The van der Waals surface area contributed by atoms with Crippen LogP contribution in [0.25, 0.3) is 0 Å². The Morgan fingerprint density at radius 1 is 1.40 bits per heavy atom. The molecule has 0 bridgehead atoms. The lowest BCUT2D eigenvalue weighted by Gasteiger charge is -2.32. The second-order valence-electron chi connectivity index (χ2n) is 5.76. The summed E-state index contributed by atoms with van der Waals surface area (Å²) in [5, 5.41) is 3.13. The molecule has 1 aromatic rings. The van der Waals surface area contributed by atoms with Gasteiger partial charge in [-0.2, -0.15) is 0 Å². The number of likely N-dealkylation sites (tertiary alicyclic amines) is 1. The number of para-hydroxylation sites is 1. The number of carbonyl (C=O) groups is 1. The minimum Gasteiger partial charge on any atom is -0.324 e. The number of hydrogen-bond acceptors (Lipinski definition) is 1. The van der Waals surface area contributed by atoms with E-state index in [9.17, 15) is 4.79 Å². The van der Waals surface area contributed by atoms with Gasteiger partial charge in [-0.15, -0.1) is 0 Å². The predicted octanol–water partition coefficient (Wildman–Crippen LogP) is 4.21. The zero-order valence-corrected chi connectivity index (χ0v) is 12.9. The predicted molar refractivity (Wildman–Crippen MR) is 84.2 cm³/mol. The molecule has 1 heterocycles. The van der Waals surface area contributed by atoms with Crippen molar-refractivity contribution >= 4 is 11.7 Å². The summed E-state index contributed by atoms with van der Waals surface area (Å²) in [6.45, 7) is 8.17. The molecular weight excluding hydrogens is 248 g/mol. The molecule has 1 saturated heterocycles. The van der Waals surface area contributed by atoms with E-state index in [0.29, 0.717) is 5.92 Å². The number of nitrogens with one attached hydrogen (secondary N) is 1. The average molecular weight is 274 g/mol. The SMILES string of the molecule is CCc1cccc(C)c1NC(=O)N1CCC[C@@H](CC)C1. The third-order valence-corrected chi connectivity index (χ3v) is 4.36. The summed E-state index contributed by atoms with van der Waals surface area (Å²) < 4.78 is 0. The Morgan fingerprint density at radius 2 is 2.20 bits per heavy atom. The Kier molecular flexibility index (Phi) is 5.05. The fourth-order valence-electron chi connectivity index (χ4n) is 2.97. The van der Waals surface area contributed by atoms with Crippen LogP contribution in [0, 0.1) is 12.8 Å². The fourth-order valence-corrected chi connectivity index (χ4v) is 2.97. The first-order chi connectivity index (χ1) is 9.65. The highest BCUT2D eigenvalue weighted by atomic mass is 16.2. The van der Waals surface area contributed by atoms with Crippen molar-refractivity contribution in [2.75, 3.05) is 18.4 Å². The zero-order chi connectivity index (χ0) is 14.5. The molecule has 0 unspecified atom stereocenters. The molecule has 0 aliphatic carbocycles. The van der Waals surface area contributed by atoms with Crippen LogP contribution >= 0.6 is 0 Å². The van der Waals surface area contributed by atoms with Crippen LogP contribution in [0.2, 0.25) is 0 Å². The minimum atomic E-state index is 0.0622. The molecule has 110 valence electrons. The first-order valence-corrected chi connectivity index (χ1v) is 7.80. The van der Waals surface area contributed by atoms with E-state index in [0.717, 1.165) is 43.6 Å². The van der Waals surface area contributed by atoms with Gasteiger partial charge < -0.3 is 10.2 Å². The number of amides is 2. The lowest BCUT2D eigenvalue weighted by Crippen LogP contribution is -2.42. The Bertz CT molecular complexity index is 470. The molecule has 0 saturated carbocycles. The van der Waals surface area contributed by atoms with Gasteiger partial charge in [0.2, 0.25) is 0 Å². The zero-order valence-electron chi connectivity index (χ0n) is 12.9. The number of benzene rings is 1. The van der Waals surface area contributed by atoms with Gasteiger partial charge in [-0.05, 0) is 43.2 Å². The van der Waals surface area contributed by atoms with Crippen molar-refractivity contribution in [2.24, 2.45) is 5.92 Å². The minimum absolute atomic E-state index is 0.0622. The van der Waals surface area contributed by atoms with Gasteiger partial charge in [0.1, 0.15) is 0 Å². The molecule has 0 radical (unpaired) electrons. The second kappa shape index (κ2) is 6.78. The normalized spacial score (nSPS) is 18.9. The van der Waals surface area contributed by atoms with Crippen molar-refractivity contribution in [3.8, 4) is 0 Å². The van der Waals surface area contributed by atoms with Gasteiger partial charge in [0.15, 0.2) is 0 Å². The molecular formula is C17H26N2O. The van der Waals surface area contributed by atoms with Gasteiger partial charge in [-0.1, -0.05) is 38.5 Å².